The van der Waals surface area contributed by atoms with Crippen LogP contribution in [0.1, 0.15) is 29.8 Å². The molecule has 1 amide bonds. The molecular weight excluding hydrogens is 335 g/mol. The van der Waals surface area contributed by atoms with Gasteiger partial charge >= 0.3 is 0 Å². The summed E-state index contributed by atoms with van der Waals surface area (Å²) in [6.07, 6.45) is 4.55. The molecule has 1 saturated heterocycles. The molecular formula is C16H20ClFN4O2. The van der Waals surface area contributed by atoms with E-state index in [-0.39, 0.29) is 18.3 Å². The van der Waals surface area contributed by atoms with Crippen molar-refractivity contribution in [3.05, 3.63) is 35.0 Å². The Hall–Kier alpha value is -1.70. The Balaban J connectivity index is 1.62. The number of aromatic nitrogens is 2. The number of rotatable bonds is 5. The van der Waals surface area contributed by atoms with Crippen molar-refractivity contribution in [2.24, 2.45) is 0 Å². The van der Waals surface area contributed by atoms with Gasteiger partial charge in [0.05, 0.1) is 11.6 Å². The van der Waals surface area contributed by atoms with Crippen molar-refractivity contribution < 1.29 is 14.3 Å². The first-order valence-corrected chi connectivity index (χ1v) is 8.44. The third-order valence-electron chi connectivity index (χ3n) is 4.38. The summed E-state index contributed by atoms with van der Waals surface area (Å²) in [7, 11) is 0. The van der Waals surface area contributed by atoms with Crippen molar-refractivity contribution in [1.29, 1.82) is 0 Å². The van der Waals surface area contributed by atoms with Crippen molar-refractivity contribution in [2.45, 2.75) is 25.3 Å². The highest BCUT2D eigenvalue weighted by Crippen LogP contribution is 2.17. The molecule has 3 rings (SSSR count). The van der Waals surface area contributed by atoms with Crippen LogP contribution in [0, 0.1) is 5.95 Å². The average Bonchev–Trinajstić information content (AvgIpc) is 2.92. The van der Waals surface area contributed by atoms with E-state index in [1.807, 2.05) is 0 Å². The maximum absolute atomic E-state index is 14.3. The predicted octanol–water partition coefficient (Wildman–Crippen LogP) is 1.70. The van der Waals surface area contributed by atoms with E-state index in [2.05, 4.69) is 15.2 Å². The monoisotopic (exact) mass is 354 g/mol. The molecule has 1 aliphatic heterocycles. The summed E-state index contributed by atoms with van der Waals surface area (Å²) in [5.41, 5.74) is 0.0908. The fraction of sp³-hybridized carbons (Fsp3) is 0.500. The SMILES string of the molecule is O=C(NCCN1CCCC[C@@H]1CO)c1nc2ccc(Cl)cn2c1F. The third kappa shape index (κ3) is 3.53. The van der Waals surface area contributed by atoms with Gasteiger partial charge in [-0.15, -0.1) is 0 Å². The highest BCUT2D eigenvalue weighted by atomic mass is 35.5. The minimum Gasteiger partial charge on any atom is -0.395 e. The number of hydrogen-bond donors (Lipinski definition) is 2. The van der Waals surface area contributed by atoms with Crippen LogP contribution < -0.4 is 5.32 Å². The summed E-state index contributed by atoms with van der Waals surface area (Å²) in [5.74, 6) is -1.28. The molecule has 1 fully saturated rings. The molecule has 0 aromatic carbocycles. The zero-order valence-electron chi connectivity index (χ0n) is 13.2. The second kappa shape index (κ2) is 7.46. The van der Waals surface area contributed by atoms with E-state index in [1.54, 1.807) is 12.1 Å². The maximum atomic E-state index is 14.3. The molecule has 0 spiro atoms. The van der Waals surface area contributed by atoms with Crippen LogP contribution in [0.2, 0.25) is 5.02 Å². The number of carbonyl (C=O) groups is 1. The van der Waals surface area contributed by atoms with Crippen molar-refractivity contribution >= 4 is 23.2 Å². The van der Waals surface area contributed by atoms with Crippen LogP contribution in [-0.4, -0.2) is 57.6 Å². The zero-order valence-corrected chi connectivity index (χ0v) is 14.0. The minimum atomic E-state index is -0.726. The van der Waals surface area contributed by atoms with E-state index in [4.69, 9.17) is 11.6 Å². The third-order valence-corrected chi connectivity index (χ3v) is 4.61. The molecule has 6 nitrogen and oxygen atoms in total. The number of piperidine rings is 1. The molecule has 130 valence electrons. The average molecular weight is 355 g/mol. The zero-order chi connectivity index (χ0) is 17.1. The molecule has 0 saturated carbocycles. The van der Waals surface area contributed by atoms with E-state index in [1.165, 1.54) is 6.20 Å². The first-order valence-electron chi connectivity index (χ1n) is 8.06. The van der Waals surface area contributed by atoms with E-state index >= 15 is 0 Å². The summed E-state index contributed by atoms with van der Waals surface area (Å²) in [5, 5.41) is 12.4. The number of hydrogen-bond acceptors (Lipinski definition) is 4. The molecule has 3 heterocycles. The van der Waals surface area contributed by atoms with Crippen LogP contribution in [0.5, 0.6) is 0 Å². The highest BCUT2D eigenvalue weighted by molar-refractivity contribution is 6.30. The molecule has 0 aliphatic carbocycles. The lowest BCUT2D eigenvalue weighted by atomic mass is 10.0. The lowest BCUT2D eigenvalue weighted by Crippen LogP contribution is -2.45. The Bertz CT molecular complexity index is 736. The molecule has 0 unspecified atom stereocenters. The molecule has 1 atom stereocenters. The predicted molar refractivity (Wildman–Crippen MR) is 88.8 cm³/mol. The van der Waals surface area contributed by atoms with Gasteiger partial charge in [0.25, 0.3) is 5.91 Å². The molecule has 24 heavy (non-hydrogen) atoms. The normalized spacial score (nSPS) is 18.9. The molecule has 2 aromatic rings. The number of amides is 1. The Morgan fingerprint density at radius 2 is 2.29 bits per heavy atom. The van der Waals surface area contributed by atoms with Crippen LogP contribution in [0.15, 0.2) is 18.3 Å². The highest BCUT2D eigenvalue weighted by Gasteiger charge is 2.22. The van der Waals surface area contributed by atoms with Crippen LogP contribution >= 0.6 is 11.6 Å². The maximum Gasteiger partial charge on any atom is 0.274 e. The number of aliphatic hydroxyl groups is 1. The number of fused-ring (bicyclic) bond motifs is 1. The Morgan fingerprint density at radius 1 is 1.46 bits per heavy atom. The summed E-state index contributed by atoms with van der Waals surface area (Å²) in [4.78, 5) is 18.4. The Morgan fingerprint density at radius 3 is 3.08 bits per heavy atom. The van der Waals surface area contributed by atoms with Crippen molar-refractivity contribution in [3.63, 3.8) is 0 Å². The van der Waals surface area contributed by atoms with Crippen LogP contribution in [0.4, 0.5) is 4.39 Å². The molecule has 2 aromatic heterocycles. The Labute approximate surface area is 144 Å². The lowest BCUT2D eigenvalue weighted by Gasteiger charge is -2.34. The largest absolute Gasteiger partial charge is 0.395 e. The fourth-order valence-corrected chi connectivity index (χ4v) is 3.25. The second-order valence-electron chi connectivity index (χ2n) is 5.95. The summed E-state index contributed by atoms with van der Waals surface area (Å²) in [6.45, 7) is 2.03. The van der Waals surface area contributed by atoms with Crippen LogP contribution in [-0.2, 0) is 0 Å². The summed E-state index contributed by atoms with van der Waals surface area (Å²) >= 11 is 5.83. The number of carbonyl (C=O) groups excluding carboxylic acids is 1. The van der Waals surface area contributed by atoms with E-state index in [0.717, 1.165) is 30.2 Å². The number of likely N-dealkylation sites (tertiary alicyclic amines) is 1. The molecule has 0 bridgehead atoms. The van der Waals surface area contributed by atoms with Gasteiger partial charge in [-0.2, -0.15) is 4.39 Å². The van der Waals surface area contributed by atoms with Crippen LogP contribution in [0.25, 0.3) is 5.65 Å². The number of nitrogens with zero attached hydrogens (tertiary/aromatic N) is 3. The van der Waals surface area contributed by atoms with Crippen molar-refractivity contribution in [2.75, 3.05) is 26.2 Å². The molecule has 0 radical (unpaired) electrons. The molecule has 2 N–H and O–H groups in total. The standard InChI is InChI=1S/C16H20ClFN4O2/c17-11-4-5-13-20-14(15(18)22(13)9-11)16(24)19-6-8-21-7-2-1-3-12(21)10-23/h4-5,9,12,23H,1-3,6-8,10H2,(H,19,24)/t12-/m1/s1. The second-order valence-corrected chi connectivity index (χ2v) is 6.39. The number of halogens is 2. The first-order chi connectivity index (χ1) is 11.6. The summed E-state index contributed by atoms with van der Waals surface area (Å²) < 4.78 is 15.5. The Kier molecular flexibility index (Phi) is 5.33. The van der Waals surface area contributed by atoms with E-state index in [0.29, 0.717) is 23.8 Å². The summed E-state index contributed by atoms with van der Waals surface area (Å²) in [6, 6.07) is 3.29. The first kappa shape index (κ1) is 17.1. The van der Waals surface area contributed by atoms with Gasteiger partial charge in [-0.1, -0.05) is 18.0 Å². The number of imidazole rings is 1. The fourth-order valence-electron chi connectivity index (χ4n) is 3.09. The number of nitrogens with one attached hydrogen (secondary N) is 1. The van der Waals surface area contributed by atoms with Gasteiger partial charge in [-0.3, -0.25) is 14.1 Å². The van der Waals surface area contributed by atoms with Crippen LogP contribution in [0.3, 0.4) is 0 Å². The van der Waals surface area contributed by atoms with Crippen molar-refractivity contribution in [3.8, 4) is 0 Å². The van der Waals surface area contributed by atoms with Gasteiger partial charge < -0.3 is 10.4 Å². The van der Waals surface area contributed by atoms with E-state index in [9.17, 15) is 14.3 Å². The van der Waals surface area contributed by atoms with Gasteiger partial charge in [0.15, 0.2) is 5.69 Å². The van der Waals surface area contributed by atoms with Gasteiger partial charge in [0, 0.05) is 25.3 Å². The van der Waals surface area contributed by atoms with Gasteiger partial charge in [-0.25, -0.2) is 4.98 Å². The molecule has 1 aliphatic rings. The lowest BCUT2D eigenvalue weighted by molar-refractivity contribution is 0.0845. The van der Waals surface area contributed by atoms with E-state index < -0.39 is 11.9 Å². The molecule has 8 heteroatoms. The number of pyridine rings is 1. The van der Waals surface area contributed by atoms with Crippen molar-refractivity contribution in [1.82, 2.24) is 19.6 Å². The van der Waals surface area contributed by atoms with Gasteiger partial charge in [-0.05, 0) is 31.5 Å². The smallest absolute Gasteiger partial charge is 0.274 e. The quantitative estimate of drug-likeness (QED) is 0.857. The topological polar surface area (TPSA) is 69.9 Å². The van der Waals surface area contributed by atoms with Gasteiger partial charge in [0.1, 0.15) is 5.65 Å². The van der Waals surface area contributed by atoms with Gasteiger partial charge in [0.2, 0.25) is 5.95 Å². The number of aliphatic hydroxyl groups excluding tert-OH is 1. The minimum absolute atomic E-state index is 0.121.